The van der Waals surface area contributed by atoms with Crippen LogP contribution in [0.15, 0.2) is 0 Å². The third-order valence-electron chi connectivity index (χ3n) is 8.79. The molecule has 0 aliphatic carbocycles. The van der Waals surface area contributed by atoms with Crippen LogP contribution in [-0.4, -0.2) is 19.1 Å². The third kappa shape index (κ3) is 34.2. The molecule has 1 unspecified atom stereocenters. The summed E-state index contributed by atoms with van der Waals surface area (Å²) in [7, 11) is -4.64. The molecule has 0 spiro atoms. The van der Waals surface area contributed by atoms with Crippen molar-refractivity contribution in [3.63, 3.8) is 0 Å². The van der Waals surface area contributed by atoms with E-state index in [1.165, 1.54) is 167 Å². The van der Waals surface area contributed by atoms with Crippen molar-refractivity contribution in [2.75, 3.05) is 0 Å². The smallest absolute Gasteiger partial charge is 0.217 e. The SMILES string of the molecule is CCCCCCCCCCCCCCCCC(CCCCCCCCCCCCCCCC)C(C)OS(=O)(=O)[O-].[NH4+]. The van der Waals surface area contributed by atoms with Crippen molar-refractivity contribution in [3.05, 3.63) is 0 Å². The minimum atomic E-state index is -4.64. The van der Waals surface area contributed by atoms with Crippen molar-refractivity contribution < 1.29 is 17.2 Å². The molecule has 4 N–H and O–H groups in total. The fourth-order valence-corrected chi connectivity index (χ4v) is 6.61. The van der Waals surface area contributed by atoms with Gasteiger partial charge in [-0.3, -0.25) is 4.18 Å². The third-order valence-corrected chi connectivity index (χ3v) is 9.33. The van der Waals surface area contributed by atoms with Gasteiger partial charge >= 0.3 is 0 Å². The summed E-state index contributed by atoms with van der Waals surface area (Å²) < 4.78 is 38.4. The van der Waals surface area contributed by atoms with Crippen LogP contribution in [0.1, 0.15) is 213 Å². The molecule has 0 aromatic carbocycles. The van der Waals surface area contributed by atoms with Gasteiger partial charge in [0.05, 0.1) is 6.10 Å². The van der Waals surface area contributed by atoms with Gasteiger partial charge in [-0.15, -0.1) is 0 Å². The van der Waals surface area contributed by atoms with E-state index in [4.69, 9.17) is 4.18 Å². The highest BCUT2D eigenvalue weighted by molar-refractivity contribution is 7.80. The lowest BCUT2D eigenvalue weighted by Crippen LogP contribution is -2.24. The Morgan fingerprint density at radius 3 is 0.902 bits per heavy atom. The van der Waals surface area contributed by atoms with Crippen LogP contribution in [0, 0.1) is 5.92 Å². The van der Waals surface area contributed by atoms with Crippen molar-refractivity contribution in [3.8, 4) is 0 Å². The van der Waals surface area contributed by atoms with Gasteiger partial charge in [0.1, 0.15) is 0 Å². The Labute approximate surface area is 258 Å². The summed E-state index contributed by atoms with van der Waals surface area (Å²) in [6.45, 7) is 6.32. The van der Waals surface area contributed by atoms with Crippen LogP contribution in [-0.2, 0) is 14.6 Å². The summed E-state index contributed by atoms with van der Waals surface area (Å²) in [5.41, 5.74) is 0. The van der Waals surface area contributed by atoms with Crippen LogP contribution >= 0.6 is 0 Å². The van der Waals surface area contributed by atoms with Crippen LogP contribution in [0.5, 0.6) is 0 Å². The zero-order valence-corrected chi connectivity index (χ0v) is 29.2. The van der Waals surface area contributed by atoms with Crippen LogP contribution in [0.25, 0.3) is 0 Å². The zero-order valence-electron chi connectivity index (χ0n) is 28.4. The minimum absolute atomic E-state index is 0. The van der Waals surface area contributed by atoms with E-state index in [0.717, 1.165) is 25.7 Å². The molecule has 0 bridgehead atoms. The van der Waals surface area contributed by atoms with Gasteiger partial charge in [-0.05, 0) is 25.7 Å². The summed E-state index contributed by atoms with van der Waals surface area (Å²) in [5.74, 6) is 0.165. The average Bonchev–Trinajstić information content (AvgIpc) is 2.91. The average molecular weight is 606 g/mol. The van der Waals surface area contributed by atoms with E-state index >= 15 is 0 Å². The molecule has 0 amide bonds. The van der Waals surface area contributed by atoms with E-state index in [2.05, 4.69) is 13.8 Å². The second-order valence-electron chi connectivity index (χ2n) is 12.7. The maximum atomic E-state index is 11.2. The summed E-state index contributed by atoms with van der Waals surface area (Å²) in [6, 6.07) is 0. The molecule has 41 heavy (non-hydrogen) atoms. The quantitative estimate of drug-likeness (QED) is 0.0456. The molecule has 0 radical (unpaired) electrons. The summed E-state index contributed by atoms with van der Waals surface area (Å²) in [5, 5.41) is 0. The first-order chi connectivity index (χ1) is 19.4. The van der Waals surface area contributed by atoms with Crippen molar-refractivity contribution in [2.45, 2.75) is 219 Å². The van der Waals surface area contributed by atoms with Crippen molar-refractivity contribution in [1.29, 1.82) is 0 Å². The van der Waals surface area contributed by atoms with E-state index in [1.54, 1.807) is 6.92 Å². The summed E-state index contributed by atoms with van der Waals surface area (Å²) in [4.78, 5) is 0. The molecule has 0 aliphatic heterocycles. The predicted molar refractivity (Wildman–Crippen MR) is 180 cm³/mol. The molecule has 0 aromatic heterocycles. The Bertz CT molecular complexity index is 567. The Hall–Kier alpha value is -0.170. The van der Waals surface area contributed by atoms with Crippen LogP contribution < -0.4 is 6.15 Å². The van der Waals surface area contributed by atoms with Crippen molar-refractivity contribution in [1.82, 2.24) is 6.15 Å². The van der Waals surface area contributed by atoms with Gasteiger partial charge in [-0.2, -0.15) is 0 Å². The normalized spacial score (nSPS) is 12.6. The van der Waals surface area contributed by atoms with Crippen LogP contribution in [0.4, 0.5) is 0 Å². The van der Waals surface area contributed by atoms with Gasteiger partial charge in [-0.25, -0.2) is 8.42 Å². The molecule has 0 rings (SSSR count). The largest absolute Gasteiger partial charge is 0.726 e. The summed E-state index contributed by atoms with van der Waals surface area (Å²) >= 11 is 0. The molecule has 0 aromatic rings. The van der Waals surface area contributed by atoms with Crippen LogP contribution in [0.3, 0.4) is 0 Å². The monoisotopic (exact) mass is 606 g/mol. The van der Waals surface area contributed by atoms with Gasteiger partial charge < -0.3 is 10.7 Å². The fraction of sp³-hybridized carbons (Fsp3) is 1.00. The molecule has 0 saturated heterocycles. The summed E-state index contributed by atoms with van der Waals surface area (Å²) in [6.07, 6.45) is 38.9. The second-order valence-corrected chi connectivity index (χ2v) is 13.7. The number of rotatable bonds is 33. The maximum absolute atomic E-state index is 11.2. The van der Waals surface area contributed by atoms with Gasteiger partial charge in [-0.1, -0.05) is 194 Å². The molecule has 5 nitrogen and oxygen atoms in total. The molecule has 0 aliphatic rings. The van der Waals surface area contributed by atoms with Gasteiger partial charge in [0.25, 0.3) is 0 Å². The Kier molecular flexibility index (Phi) is 34.3. The first-order valence-electron chi connectivity index (χ1n) is 18.0. The highest BCUT2D eigenvalue weighted by atomic mass is 32.3. The molecular formula is C35H75NO4S. The van der Waals surface area contributed by atoms with Gasteiger partial charge in [0.15, 0.2) is 0 Å². The Morgan fingerprint density at radius 1 is 0.463 bits per heavy atom. The Balaban J connectivity index is 0. The first-order valence-corrected chi connectivity index (χ1v) is 19.4. The molecule has 0 saturated carbocycles. The standard InChI is InChI=1S/C35H72O4S.H3N/c1-4-6-8-10-12-14-16-18-20-22-24-26-28-30-32-35(34(3)39-40(36,37)38)33-31-29-27-25-23-21-19-17-15-13-11-9-7-5-2;/h34-35H,4-33H2,1-3H3,(H,36,37,38);1H3. The van der Waals surface area contributed by atoms with E-state index < -0.39 is 16.5 Å². The lowest BCUT2D eigenvalue weighted by molar-refractivity contribution is 0.122. The molecule has 6 heteroatoms. The molecule has 1 atom stereocenters. The lowest BCUT2D eigenvalue weighted by Gasteiger charge is -2.25. The maximum Gasteiger partial charge on any atom is 0.217 e. The van der Waals surface area contributed by atoms with E-state index in [1.807, 2.05) is 0 Å². The van der Waals surface area contributed by atoms with E-state index in [9.17, 15) is 13.0 Å². The Morgan fingerprint density at radius 2 is 0.683 bits per heavy atom. The highest BCUT2D eigenvalue weighted by Crippen LogP contribution is 2.25. The number of hydrogen-bond acceptors (Lipinski definition) is 4. The van der Waals surface area contributed by atoms with Crippen molar-refractivity contribution in [2.24, 2.45) is 5.92 Å². The molecule has 0 heterocycles. The predicted octanol–water partition coefficient (Wildman–Crippen LogP) is 12.6. The van der Waals surface area contributed by atoms with Crippen molar-refractivity contribution >= 4 is 10.4 Å². The van der Waals surface area contributed by atoms with Gasteiger partial charge in [0, 0.05) is 0 Å². The van der Waals surface area contributed by atoms with E-state index in [-0.39, 0.29) is 12.1 Å². The second kappa shape index (κ2) is 32.7. The molecule has 250 valence electrons. The molecule has 0 fully saturated rings. The van der Waals surface area contributed by atoms with E-state index in [0.29, 0.717) is 0 Å². The minimum Gasteiger partial charge on any atom is -0.726 e. The number of unbranched alkanes of at least 4 members (excludes halogenated alkanes) is 26. The number of quaternary nitrogens is 1. The highest BCUT2D eigenvalue weighted by Gasteiger charge is 2.19. The topological polar surface area (TPSA) is 103 Å². The molecular weight excluding hydrogens is 530 g/mol. The number of hydrogen-bond donors (Lipinski definition) is 1. The van der Waals surface area contributed by atoms with Crippen LogP contribution in [0.2, 0.25) is 0 Å². The first kappa shape index (κ1) is 43.0. The zero-order chi connectivity index (χ0) is 29.6. The van der Waals surface area contributed by atoms with Gasteiger partial charge in [0.2, 0.25) is 10.4 Å². The lowest BCUT2D eigenvalue weighted by atomic mass is 9.90. The fourth-order valence-electron chi connectivity index (χ4n) is 6.08.